The maximum Gasteiger partial charge on any atom is 0.325 e. The van der Waals surface area contributed by atoms with Crippen molar-refractivity contribution < 1.29 is 14.0 Å². The zero-order chi connectivity index (χ0) is 19.8. The topological polar surface area (TPSA) is 97.2 Å². The molecule has 26 heavy (non-hydrogen) atoms. The largest absolute Gasteiger partial charge is 0.414 e. The summed E-state index contributed by atoms with van der Waals surface area (Å²) < 4.78 is 11.7. The van der Waals surface area contributed by atoms with Gasteiger partial charge in [-0.05, 0) is 42.4 Å². The molecule has 1 heterocycles. The van der Waals surface area contributed by atoms with Crippen molar-refractivity contribution in [3.63, 3.8) is 0 Å². The average Bonchev–Trinajstić information content (AvgIpc) is 2.56. The van der Waals surface area contributed by atoms with Gasteiger partial charge in [-0.25, -0.2) is 4.98 Å². The number of pyridine rings is 1. The van der Waals surface area contributed by atoms with Gasteiger partial charge in [-0.15, -0.1) is 0 Å². The fourth-order valence-corrected chi connectivity index (χ4v) is 3.99. The van der Waals surface area contributed by atoms with E-state index < -0.39 is 13.6 Å². The normalized spacial score (nSPS) is 14.2. The number of esters is 1. The zero-order valence-corrected chi connectivity index (χ0v) is 18.1. The Morgan fingerprint density at radius 3 is 2.62 bits per heavy atom. The van der Waals surface area contributed by atoms with E-state index in [-0.39, 0.29) is 29.5 Å². The summed E-state index contributed by atoms with van der Waals surface area (Å²) in [5, 5.41) is 3.26. The first-order chi connectivity index (χ1) is 12.1. The first kappa shape index (κ1) is 22.5. The van der Waals surface area contributed by atoms with Gasteiger partial charge in [-0.3, -0.25) is 4.79 Å². The molecule has 2 unspecified atom stereocenters. The van der Waals surface area contributed by atoms with Gasteiger partial charge in [0.1, 0.15) is 5.25 Å². The minimum Gasteiger partial charge on any atom is -0.414 e. The molecule has 0 fully saturated rings. The quantitative estimate of drug-likeness (QED) is 0.196. The molecular weight excluding hydrogens is 368 g/mol. The summed E-state index contributed by atoms with van der Waals surface area (Å²) in [5.74, 6) is -0.102. The van der Waals surface area contributed by atoms with Gasteiger partial charge in [-0.1, -0.05) is 32.0 Å². The van der Waals surface area contributed by atoms with Gasteiger partial charge >= 0.3 is 5.97 Å². The van der Waals surface area contributed by atoms with E-state index in [0.29, 0.717) is 6.42 Å². The van der Waals surface area contributed by atoms with Gasteiger partial charge in [0.05, 0.1) is 12.6 Å². The number of carbonyl (C=O) groups excluding carboxylic acids is 1. The SMILES string of the molecule is CSC(CC(CN=[N+]=[N-])O[Si](C)(C)C(C)(C)C)C(=O)Oc1ccccn1. The van der Waals surface area contributed by atoms with Crippen LogP contribution in [-0.2, 0) is 9.22 Å². The van der Waals surface area contributed by atoms with Crippen LogP contribution in [0.25, 0.3) is 10.4 Å². The lowest BCUT2D eigenvalue weighted by Crippen LogP contribution is -2.45. The van der Waals surface area contributed by atoms with Crippen molar-refractivity contribution >= 4 is 26.0 Å². The van der Waals surface area contributed by atoms with Crippen LogP contribution in [0.15, 0.2) is 29.5 Å². The number of hydrogen-bond donors (Lipinski definition) is 0. The van der Waals surface area contributed by atoms with Crippen molar-refractivity contribution in [1.82, 2.24) is 4.98 Å². The Hall–Kier alpha value is -1.54. The predicted molar refractivity (Wildman–Crippen MR) is 108 cm³/mol. The number of azide groups is 1. The molecule has 0 saturated heterocycles. The molecule has 0 aliphatic heterocycles. The fraction of sp³-hybridized carbons (Fsp3) is 0.647. The standard InChI is InChI=1S/C17H28N4O3SSi/c1-17(2,3)26(5,6)24-13(12-20-21-18)11-14(25-4)16(22)23-15-9-7-8-10-19-15/h7-10,13-14H,11-12H2,1-6H3. The zero-order valence-electron chi connectivity index (χ0n) is 16.3. The van der Waals surface area contributed by atoms with E-state index in [1.807, 2.05) is 6.26 Å². The lowest BCUT2D eigenvalue weighted by molar-refractivity contribution is -0.134. The highest BCUT2D eigenvalue weighted by molar-refractivity contribution is 7.99. The number of nitrogens with zero attached hydrogens (tertiary/aromatic N) is 4. The van der Waals surface area contributed by atoms with Crippen LogP contribution in [0.5, 0.6) is 5.88 Å². The third kappa shape index (κ3) is 6.99. The monoisotopic (exact) mass is 396 g/mol. The molecule has 0 N–H and O–H groups in total. The molecule has 1 aromatic heterocycles. The molecular formula is C17H28N4O3SSi. The van der Waals surface area contributed by atoms with Crippen molar-refractivity contribution in [2.75, 3.05) is 12.8 Å². The number of aromatic nitrogens is 1. The van der Waals surface area contributed by atoms with E-state index >= 15 is 0 Å². The van der Waals surface area contributed by atoms with Gasteiger partial charge in [0.15, 0.2) is 8.32 Å². The Balaban J connectivity index is 2.85. The summed E-state index contributed by atoms with van der Waals surface area (Å²) in [6, 6.07) is 5.15. The fourth-order valence-electron chi connectivity index (χ4n) is 1.98. The van der Waals surface area contributed by atoms with E-state index in [9.17, 15) is 4.79 Å². The van der Waals surface area contributed by atoms with Crippen LogP contribution in [0.1, 0.15) is 27.2 Å². The first-order valence-electron chi connectivity index (χ1n) is 8.45. The lowest BCUT2D eigenvalue weighted by atomic mass is 10.2. The Kier molecular flexibility index (Phi) is 8.62. The second kappa shape index (κ2) is 9.96. The van der Waals surface area contributed by atoms with E-state index in [1.54, 1.807) is 24.4 Å². The van der Waals surface area contributed by atoms with Gasteiger partial charge in [0.2, 0.25) is 5.88 Å². The summed E-state index contributed by atoms with van der Waals surface area (Å²) in [6.07, 6.45) is 3.50. The van der Waals surface area contributed by atoms with Crippen LogP contribution in [0.4, 0.5) is 0 Å². The van der Waals surface area contributed by atoms with Gasteiger partial charge in [0, 0.05) is 17.2 Å². The van der Waals surface area contributed by atoms with Crippen molar-refractivity contribution in [3.05, 3.63) is 34.8 Å². The van der Waals surface area contributed by atoms with Crippen LogP contribution < -0.4 is 4.74 Å². The summed E-state index contributed by atoms with van der Waals surface area (Å²) in [4.78, 5) is 19.3. The highest BCUT2D eigenvalue weighted by Gasteiger charge is 2.40. The van der Waals surface area contributed by atoms with Crippen LogP contribution in [-0.4, -0.2) is 43.4 Å². The molecule has 2 atom stereocenters. The predicted octanol–water partition coefficient (Wildman–Crippen LogP) is 4.81. The van der Waals surface area contributed by atoms with Crippen LogP contribution >= 0.6 is 11.8 Å². The Morgan fingerprint density at radius 2 is 2.12 bits per heavy atom. The number of thioether (sulfide) groups is 1. The second-order valence-corrected chi connectivity index (χ2v) is 13.3. The Bertz CT molecular complexity index is 631. The average molecular weight is 397 g/mol. The summed E-state index contributed by atoms with van der Waals surface area (Å²) >= 11 is 1.39. The highest BCUT2D eigenvalue weighted by Crippen LogP contribution is 2.38. The number of rotatable bonds is 9. The number of ether oxygens (including phenoxy) is 1. The first-order valence-corrected chi connectivity index (χ1v) is 12.6. The maximum atomic E-state index is 12.5. The molecule has 0 radical (unpaired) electrons. The molecule has 144 valence electrons. The Morgan fingerprint density at radius 1 is 1.42 bits per heavy atom. The van der Waals surface area contributed by atoms with Gasteiger partial charge < -0.3 is 9.16 Å². The van der Waals surface area contributed by atoms with E-state index in [2.05, 4.69) is 48.9 Å². The van der Waals surface area contributed by atoms with Crippen molar-refractivity contribution in [2.24, 2.45) is 5.11 Å². The van der Waals surface area contributed by atoms with Gasteiger partial charge in [-0.2, -0.15) is 11.8 Å². The molecule has 0 aliphatic rings. The van der Waals surface area contributed by atoms with E-state index in [0.717, 1.165) is 0 Å². The highest BCUT2D eigenvalue weighted by atomic mass is 32.2. The second-order valence-electron chi connectivity index (χ2n) is 7.46. The molecule has 7 nitrogen and oxygen atoms in total. The molecule has 0 bridgehead atoms. The third-order valence-electron chi connectivity index (χ3n) is 4.48. The molecule has 1 rings (SSSR count). The van der Waals surface area contributed by atoms with E-state index in [4.69, 9.17) is 14.7 Å². The summed E-state index contributed by atoms with van der Waals surface area (Å²) in [5.41, 5.74) is 8.68. The van der Waals surface area contributed by atoms with Gasteiger partial charge in [0.25, 0.3) is 0 Å². The van der Waals surface area contributed by atoms with Crippen LogP contribution in [0.3, 0.4) is 0 Å². The molecule has 1 aromatic rings. The van der Waals surface area contributed by atoms with Crippen LogP contribution in [0.2, 0.25) is 18.1 Å². The number of carbonyl (C=O) groups is 1. The summed E-state index contributed by atoms with van der Waals surface area (Å²) in [6.45, 7) is 10.9. The molecule has 0 saturated carbocycles. The van der Waals surface area contributed by atoms with Crippen LogP contribution in [0, 0.1) is 0 Å². The minimum atomic E-state index is -2.06. The minimum absolute atomic E-state index is 0.0188. The summed E-state index contributed by atoms with van der Waals surface area (Å²) in [7, 11) is -2.06. The molecule has 0 amide bonds. The smallest absolute Gasteiger partial charge is 0.325 e. The lowest BCUT2D eigenvalue weighted by Gasteiger charge is -2.39. The van der Waals surface area contributed by atoms with Crippen molar-refractivity contribution in [1.29, 1.82) is 0 Å². The molecule has 9 heteroatoms. The Labute approximate surface area is 160 Å². The maximum absolute atomic E-state index is 12.5. The van der Waals surface area contributed by atoms with E-state index in [1.165, 1.54) is 11.8 Å². The molecule has 0 aliphatic carbocycles. The third-order valence-corrected chi connectivity index (χ3v) is 9.97. The molecule has 0 aromatic carbocycles. The van der Waals surface area contributed by atoms with Crippen molar-refractivity contribution in [3.8, 4) is 5.88 Å². The molecule has 0 spiro atoms. The van der Waals surface area contributed by atoms with Crippen molar-refractivity contribution in [2.45, 2.75) is 56.7 Å². The number of hydrogen-bond acceptors (Lipinski definition) is 6.